The number of halogens is 1. The molecule has 3 rings (SSSR count). The molecule has 1 heterocycles. The van der Waals surface area contributed by atoms with Crippen molar-refractivity contribution in [3.8, 4) is 0 Å². The van der Waals surface area contributed by atoms with E-state index in [2.05, 4.69) is 18.9 Å². The summed E-state index contributed by atoms with van der Waals surface area (Å²) in [5.74, 6) is 0.828. The van der Waals surface area contributed by atoms with E-state index in [-0.39, 0.29) is 23.7 Å². The summed E-state index contributed by atoms with van der Waals surface area (Å²) in [6, 6.07) is 6.81. The number of rotatable bonds is 3. The zero-order chi connectivity index (χ0) is 15.0. The number of carbonyl (C=O) groups excluding carboxylic acids is 1. The van der Waals surface area contributed by atoms with E-state index in [1.807, 2.05) is 17.0 Å². The highest BCUT2D eigenvalue weighted by Gasteiger charge is 2.37. The molecular weight excluding hydrogens is 267 g/mol. The maximum absolute atomic E-state index is 13.1. The minimum Gasteiger partial charge on any atom is -0.339 e. The summed E-state index contributed by atoms with van der Waals surface area (Å²) in [5.41, 5.74) is 1.08. The predicted molar refractivity (Wildman–Crippen MR) is 80.2 cm³/mol. The van der Waals surface area contributed by atoms with Crippen molar-refractivity contribution in [1.29, 1.82) is 0 Å². The summed E-state index contributed by atoms with van der Waals surface area (Å²) < 4.78 is 13.1. The van der Waals surface area contributed by atoms with Crippen LogP contribution in [0.25, 0.3) is 0 Å². The molecule has 0 spiro atoms. The van der Waals surface area contributed by atoms with Gasteiger partial charge in [0.2, 0.25) is 5.91 Å². The molecule has 2 atom stereocenters. The quantitative estimate of drug-likeness (QED) is 0.854. The third-order valence-electron chi connectivity index (χ3n) is 4.93. The van der Waals surface area contributed by atoms with Crippen LogP contribution in [0.15, 0.2) is 24.3 Å². The average molecular weight is 290 g/mol. The molecule has 0 bridgehead atoms. The molecule has 0 aromatic heterocycles. The average Bonchev–Trinajstić information content (AvgIpc) is 3.32. The molecule has 1 saturated heterocycles. The van der Waals surface area contributed by atoms with Crippen molar-refractivity contribution < 1.29 is 9.18 Å². The maximum atomic E-state index is 13.1. The van der Waals surface area contributed by atoms with Crippen LogP contribution in [-0.2, 0) is 4.79 Å². The summed E-state index contributed by atoms with van der Waals surface area (Å²) in [6.07, 6.45) is 2.39. The van der Waals surface area contributed by atoms with Crippen molar-refractivity contribution in [2.45, 2.75) is 25.8 Å². The van der Waals surface area contributed by atoms with Gasteiger partial charge in [-0.05, 0) is 43.5 Å². The van der Waals surface area contributed by atoms with E-state index in [0.717, 1.165) is 18.7 Å². The van der Waals surface area contributed by atoms with E-state index in [0.29, 0.717) is 12.5 Å². The molecule has 2 unspecified atom stereocenters. The molecule has 1 aliphatic carbocycles. The normalized spacial score (nSPS) is 24.9. The van der Waals surface area contributed by atoms with Gasteiger partial charge >= 0.3 is 0 Å². The van der Waals surface area contributed by atoms with Crippen molar-refractivity contribution in [3.05, 3.63) is 35.6 Å². The molecule has 1 aromatic rings. The summed E-state index contributed by atoms with van der Waals surface area (Å²) in [4.78, 5) is 16.8. The molecule has 1 aromatic carbocycles. The van der Waals surface area contributed by atoms with Crippen molar-refractivity contribution in [2.75, 3.05) is 26.7 Å². The Morgan fingerprint density at radius 2 is 1.90 bits per heavy atom. The second-order valence-corrected chi connectivity index (χ2v) is 6.46. The van der Waals surface area contributed by atoms with Crippen molar-refractivity contribution in [2.24, 2.45) is 11.8 Å². The summed E-state index contributed by atoms with van der Waals surface area (Å²) >= 11 is 0. The van der Waals surface area contributed by atoms with Gasteiger partial charge in [0.25, 0.3) is 0 Å². The lowest BCUT2D eigenvalue weighted by atomic mass is 10.00. The van der Waals surface area contributed by atoms with E-state index in [4.69, 9.17) is 0 Å². The van der Waals surface area contributed by atoms with E-state index in [1.165, 1.54) is 25.0 Å². The van der Waals surface area contributed by atoms with Crippen LogP contribution in [0.5, 0.6) is 0 Å². The van der Waals surface area contributed by atoms with Gasteiger partial charge in [-0.3, -0.25) is 9.69 Å². The molecule has 4 heteroatoms. The monoisotopic (exact) mass is 290 g/mol. The molecule has 0 radical (unpaired) electrons. The molecule has 1 saturated carbocycles. The molecule has 2 aliphatic rings. The van der Waals surface area contributed by atoms with E-state index in [9.17, 15) is 9.18 Å². The Morgan fingerprint density at radius 1 is 1.24 bits per heavy atom. The highest BCUT2D eigenvalue weighted by atomic mass is 19.1. The van der Waals surface area contributed by atoms with Crippen molar-refractivity contribution in [1.82, 2.24) is 9.80 Å². The molecule has 0 N–H and O–H groups in total. The first-order valence-electron chi connectivity index (χ1n) is 7.80. The zero-order valence-electron chi connectivity index (χ0n) is 12.8. The van der Waals surface area contributed by atoms with Gasteiger partial charge in [0, 0.05) is 25.6 Å². The minimum absolute atomic E-state index is 0.155. The van der Waals surface area contributed by atoms with Crippen molar-refractivity contribution in [3.63, 3.8) is 0 Å². The van der Waals surface area contributed by atoms with Crippen LogP contribution in [0.4, 0.5) is 4.39 Å². The molecule has 21 heavy (non-hydrogen) atoms. The number of nitrogens with zero attached hydrogens (tertiary/aromatic N) is 2. The maximum Gasteiger partial charge on any atom is 0.225 e. The molecule has 114 valence electrons. The first kappa shape index (κ1) is 14.5. The number of amides is 1. The van der Waals surface area contributed by atoms with Gasteiger partial charge in [-0.15, -0.1) is 0 Å². The van der Waals surface area contributed by atoms with Gasteiger partial charge < -0.3 is 4.90 Å². The van der Waals surface area contributed by atoms with Crippen LogP contribution < -0.4 is 0 Å². The largest absolute Gasteiger partial charge is 0.339 e. The first-order valence-corrected chi connectivity index (χ1v) is 7.80. The van der Waals surface area contributed by atoms with E-state index in [1.54, 1.807) is 0 Å². The molecule has 1 amide bonds. The predicted octanol–water partition coefficient (Wildman–Crippen LogP) is 2.69. The Bertz CT molecular complexity index is 512. The zero-order valence-corrected chi connectivity index (χ0v) is 12.8. The van der Waals surface area contributed by atoms with Gasteiger partial charge in [-0.2, -0.15) is 0 Å². The standard InChI is InChI=1S/C17H23FN2O/c1-12(13-3-4-13)17(21)20-10-9-19(2)16(11-20)14-5-7-15(18)8-6-14/h5-8,12-13,16H,3-4,9-11H2,1-2H3. The number of carbonyl (C=O) groups is 1. The number of benzene rings is 1. The van der Waals surface area contributed by atoms with Crippen molar-refractivity contribution >= 4 is 5.91 Å². The van der Waals surface area contributed by atoms with Gasteiger partial charge in [-0.1, -0.05) is 19.1 Å². The van der Waals surface area contributed by atoms with Gasteiger partial charge in [0.15, 0.2) is 0 Å². The Morgan fingerprint density at radius 3 is 2.52 bits per heavy atom. The minimum atomic E-state index is -0.215. The second kappa shape index (κ2) is 5.76. The third kappa shape index (κ3) is 3.10. The molecule has 2 fully saturated rings. The summed E-state index contributed by atoms with van der Waals surface area (Å²) in [5, 5.41) is 0. The van der Waals surface area contributed by atoms with Gasteiger partial charge in [-0.25, -0.2) is 4.39 Å². The SMILES string of the molecule is CC(C(=O)N1CCN(C)C(c2ccc(F)cc2)C1)C1CC1. The molecule has 1 aliphatic heterocycles. The number of hydrogen-bond donors (Lipinski definition) is 0. The van der Waals surface area contributed by atoms with Gasteiger partial charge in [0.05, 0.1) is 6.04 Å². The number of piperazine rings is 1. The Kier molecular flexibility index (Phi) is 3.98. The highest BCUT2D eigenvalue weighted by Crippen LogP contribution is 2.38. The fourth-order valence-corrected chi connectivity index (χ4v) is 3.20. The Labute approximate surface area is 125 Å². The van der Waals surface area contributed by atoms with Crippen LogP contribution in [-0.4, -0.2) is 42.4 Å². The highest BCUT2D eigenvalue weighted by molar-refractivity contribution is 5.79. The van der Waals surface area contributed by atoms with E-state index >= 15 is 0 Å². The number of likely N-dealkylation sites (N-methyl/N-ethyl adjacent to an activating group) is 1. The third-order valence-corrected chi connectivity index (χ3v) is 4.93. The van der Waals surface area contributed by atoms with E-state index < -0.39 is 0 Å². The van der Waals surface area contributed by atoms with Crippen LogP contribution >= 0.6 is 0 Å². The van der Waals surface area contributed by atoms with Crippen LogP contribution in [0.3, 0.4) is 0 Å². The second-order valence-electron chi connectivity index (χ2n) is 6.46. The van der Waals surface area contributed by atoms with Crippen LogP contribution in [0.2, 0.25) is 0 Å². The smallest absolute Gasteiger partial charge is 0.225 e. The summed E-state index contributed by atoms with van der Waals surface area (Å²) in [7, 11) is 2.07. The van der Waals surface area contributed by atoms with Gasteiger partial charge in [0.1, 0.15) is 5.82 Å². The molecular formula is C17H23FN2O. The lowest BCUT2D eigenvalue weighted by molar-refractivity contribution is -0.138. The Balaban J connectivity index is 1.71. The van der Waals surface area contributed by atoms with Crippen LogP contribution in [0.1, 0.15) is 31.4 Å². The fraction of sp³-hybridized carbons (Fsp3) is 0.588. The fourth-order valence-electron chi connectivity index (χ4n) is 3.20. The lowest BCUT2D eigenvalue weighted by Gasteiger charge is -2.40. The summed E-state index contributed by atoms with van der Waals surface area (Å²) in [6.45, 7) is 4.43. The Hall–Kier alpha value is -1.42. The topological polar surface area (TPSA) is 23.6 Å². The first-order chi connectivity index (χ1) is 10.1. The van der Waals surface area contributed by atoms with Crippen LogP contribution in [0, 0.1) is 17.7 Å². The molecule has 3 nitrogen and oxygen atoms in total. The lowest BCUT2D eigenvalue weighted by Crippen LogP contribution is -2.50. The number of hydrogen-bond acceptors (Lipinski definition) is 2.